The zero-order valence-electron chi connectivity index (χ0n) is 13.5. The molecule has 4 heteroatoms. The zero-order valence-corrected chi connectivity index (χ0v) is 13.5. The maximum atomic E-state index is 11.7. The fraction of sp³-hybridized carbons (Fsp3) is 0.765. The number of carbonyl (C=O) groups is 2. The van der Waals surface area contributed by atoms with Gasteiger partial charge in [0.15, 0.2) is 0 Å². The molecular weight excluding hydrogens is 268 g/mol. The second kappa shape index (κ2) is 9.59. The predicted molar refractivity (Wildman–Crippen MR) is 81.7 cm³/mol. The minimum Gasteiger partial charge on any atom is -0.460 e. The molecule has 0 N–H and O–H groups in total. The number of rotatable bonds is 7. The van der Waals surface area contributed by atoms with Crippen molar-refractivity contribution in [3.05, 3.63) is 12.2 Å². The standard InChI is InChI=1S/C17H28O4/c1-4-6-14-7-9-15(10-8-14)21-17(19)12-11-16(18)20-13(3)5-2/h11-15H,4-10H2,1-3H3/b12-11+. The van der Waals surface area contributed by atoms with Crippen molar-refractivity contribution in [2.45, 2.75) is 77.9 Å². The van der Waals surface area contributed by atoms with Gasteiger partial charge in [-0.25, -0.2) is 9.59 Å². The van der Waals surface area contributed by atoms with Crippen molar-refractivity contribution < 1.29 is 19.1 Å². The summed E-state index contributed by atoms with van der Waals surface area (Å²) in [7, 11) is 0. The maximum Gasteiger partial charge on any atom is 0.331 e. The molecule has 0 aromatic carbocycles. The Labute approximate surface area is 127 Å². The molecular formula is C17H28O4. The minimum absolute atomic E-state index is 0.000780. The summed E-state index contributed by atoms with van der Waals surface area (Å²) in [6.07, 6.45) is 9.55. The van der Waals surface area contributed by atoms with Crippen LogP contribution in [0.3, 0.4) is 0 Å². The van der Waals surface area contributed by atoms with E-state index < -0.39 is 11.9 Å². The molecule has 1 rings (SSSR count). The molecule has 0 spiro atoms. The SMILES string of the molecule is CCCC1CCC(OC(=O)/C=C/C(=O)OC(C)CC)CC1. The molecule has 0 aliphatic heterocycles. The predicted octanol–water partition coefficient (Wildman–Crippen LogP) is 3.79. The molecule has 1 atom stereocenters. The first-order chi connectivity index (χ1) is 10.0. The van der Waals surface area contributed by atoms with Gasteiger partial charge in [-0.3, -0.25) is 0 Å². The van der Waals surface area contributed by atoms with Crippen molar-refractivity contribution in [3.8, 4) is 0 Å². The van der Waals surface area contributed by atoms with Crippen LogP contribution in [0.5, 0.6) is 0 Å². The molecule has 1 aliphatic carbocycles. The molecule has 1 unspecified atom stereocenters. The van der Waals surface area contributed by atoms with Gasteiger partial charge in [0, 0.05) is 12.2 Å². The van der Waals surface area contributed by atoms with Gasteiger partial charge in [0.2, 0.25) is 0 Å². The Kier molecular flexibility index (Phi) is 8.09. The molecule has 1 fully saturated rings. The fourth-order valence-electron chi connectivity index (χ4n) is 2.61. The molecule has 0 saturated heterocycles. The lowest BCUT2D eigenvalue weighted by Gasteiger charge is -2.27. The highest BCUT2D eigenvalue weighted by atomic mass is 16.5. The maximum absolute atomic E-state index is 11.7. The van der Waals surface area contributed by atoms with Crippen LogP contribution in [0.2, 0.25) is 0 Å². The Balaban J connectivity index is 2.26. The molecule has 0 radical (unpaired) electrons. The van der Waals surface area contributed by atoms with Crippen LogP contribution in [0.25, 0.3) is 0 Å². The van der Waals surface area contributed by atoms with E-state index in [1.807, 2.05) is 13.8 Å². The van der Waals surface area contributed by atoms with Gasteiger partial charge in [-0.05, 0) is 44.9 Å². The lowest BCUT2D eigenvalue weighted by Crippen LogP contribution is -2.24. The summed E-state index contributed by atoms with van der Waals surface area (Å²) >= 11 is 0. The van der Waals surface area contributed by atoms with Crippen LogP contribution in [-0.2, 0) is 19.1 Å². The van der Waals surface area contributed by atoms with Crippen LogP contribution >= 0.6 is 0 Å². The topological polar surface area (TPSA) is 52.6 Å². The van der Waals surface area contributed by atoms with Crippen molar-refractivity contribution >= 4 is 11.9 Å². The first kappa shape index (κ1) is 17.7. The summed E-state index contributed by atoms with van der Waals surface area (Å²) in [6.45, 7) is 5.96. The van der Waals surface area contributed by atoms with E-state index in [0.717, 1.165) is 44.1 Å². The van der Waals surface area contributed by atoms with E-state index in [2.05, 4.69) is 6.92 Å². The molecule has 0 aromatic heterocycles. The van der Waals surface area contributed by atoms with E-state index in [1.165, 1.54) is 18.9 Å². The summed E-state index contributed by atoms with van der Waals surface area (Å²) in [5.41, 5.74) is 0. The van der Waals surface area contributed by atoms with Crippen LogP contribution in [-0.4, -0.2) is 24.1 Å². The number of carbonyl (C=O) groups excluding carboxylic acids is 2. The zero-order chi connectivity index (χ0) is 15.7. The van der Waals surface area contributed by atoms with E-state index in [9.17, 15) is 9.59 Å². The Hall–Kier alpha value is -1.32. The smallest absolute Gasteiger partial charge is 0.331 e. The first-order valence-corrected chi connectivity index (χ1v) is 8.14. The number of esters is 2. The number of hydrogen-bond donors (Lipinski definition) is 0. The number of hydrogen-bond acceptors (Lipinski definition) is 4. The van der Waals surface area contributed by atoms with E-state index in [4.69, 9.17) is 9.47 Å². The van der Waals surface area contributed by atoms with Crippen molar-refractivity contribution in [3.63, 3.8) is 0 Å². The van der Waals surface area contributed by atoms with Gasteiger partial charge in [-0.15, -0.1) is 0 Å². The first-order valence-electron chi connectivity index (χ1n) is 8.14. The van der Waals surface area contributed by atoms with Crippen LogP contribution < -0.4 is 0 Å². The second-order valence-electron chi connectivity index (χ2n) is 5.86. The van der Waals surface area contributed by atoms with Gasteiger partial charge >= 0.3 is 11.9 Å². The van der Waals surface area contributed by atoms with Crippen LogP contribution in [0.1, 0.15) is 65.7 Å². The van der Waals surface area contributed by atoms with Gasteiger partial charge in [0.05, 0.1) is 6.10 Å². The van der Waals surface area contributed by atoms with Crippen molar-refractivity contribution in [2.75, 3.05) is 0 Å². The molecule has 0 amide bonds. The summed E-state index contributed by atoms with van der Waals surface area (Å²) in [4.78, 5) is 23.1. The quantitative estimate of drug-likeness (QED) is 0.530. The van der Waals surface area contributed by atoms with Gasteiger partial charge in [-0.2, -0.15) is 0 Å². The van der Waals surface area contributed by atoms with E-state index in [0.29, 0.717) is 0 Å². The van der Waals surface area contributed by atoms with Crippen molar-refractivity contribution in [1.82, 2.24) is 0 Å². The summed E-state index contributed by atoms with van der Waals surface area (Å²) in [5.74, 6) is -0.158. The van der Waals surface area contributed by atoms with E-state index in [1.54, 1.807) is 0 Å². The monoisotopic (exact) mass is 296 g/mol. The third kappa shape index (κ3) is 7.30. The normalized spacial score (nSPS) is 23.8. The largest absolute Gasteiger partial charge is 0.460 e. The van der Waals surface area contributed by atoms with Gasteiger partial charge < -0.3 is 9.47 Å². The third-order valence-electron chi connectivity index (χ3n) is 4.02. The summed E-state index contributed by atoms with van der Waals surface area (Å²) in [6, 6.07) is 0. The molecule has 21 heavy (non-hydrogen) atoms. The van der Waals surface area contributed by atoms with E-state index >= 15 is 0 Å². The lowest BCUT2D eigenvalue weighted by molar-refractivity contribution is -0.146. The molecule has 120 valence electrons. The van der Waals surface area contributed by atoms with Gasteiger partial charge in [-0.1, -0.05) is 26.7 Å². The van der Waals surface area contributed by atoms with Gasteiger partial charge in [0.25, 0.3) is 0 Å². The molecule has 0 bridgehead atoms. The molecule has 1 aliphatic rings. The van der Waals surface area contributed by atoms with Crippen molar-refractivity contribution in [2.24, 2.45) is 5.92 Å². The highest BCUT2D eigenvalue weighted by Crippen LogP contribution is 2.29. The van der Waals surface area contributed by atoms with Crippen LogP contribution in [0.4, 0.5) is 0 Å². The lowest BCUT2D eigenvalue weighted by atomic mass is 9.85. The highest BCUT2D eigenvalue weighted by molar-refractivity contribution is 5.91. The van der Waals surface area contributed by atoms with E-state index in [-0.39, 0.29) is 12.2 Å². The Bertz CT molecular complexity index is 354. The summed E-state index contributed by atoms with van der Waals surface area (Å²) in [5, 5.41) is 0. The molecule has 0 aromatic rings. The molecule has 1 saturated carbocycles. The second-order valence-corrected chi connectivity index (χ2v) is 5.86. The van der Waals surface area contributed by atoms with Crippen LogP contribution in [0.15, 0.2) is 12.2 Å². The highest BCUT2D eigenvalue weighted by Gasteiger charge is 2.22. The number of ether oxygens (including phenoxy) is 2. The summed E-state index contributed by atoms with van der Waals surface area (Å²) < 4.78 is 10.4. The average molecular weight is 296 g/mol. The Morgan fingerprint density at radius 3 is 2.29 bits per heavy atom. The molecule has 4 nitrogen and oxygen atoms in total. The average Bonchev–Trinajstić information content (AvgIpc) is 2.47. The minimum atomic E-state index is -0.493. The fourth-order valence-corrected chi connectivity index (χ4v) is 2.61. The Morgan fingerprint density at radius 2 is 1.71 bits per heavy atom. The molecule has 0 heterocycles. The van der Waals surface area contributed by atoms with Crippen molar-refractivity contribution in [1.29, 1.82) is 0 Å². The Morgan fingerprint density at radius 1 is 1.10 bits per heavy atom. The van der Waals surface area contributed by atoms with Crippen LogP contribution in [0, 0.1) is 5.92 Å². The van der Waals surface area contributed by atoms with Gasteiger partial charge in [0.1, 0.15) is 6.10 Å². The third-order valence-corrected chi connectivity index (χ3v) is 4.02.